The van der Waals surface area contributed by atoms with Crippen molar-refractivity contribution >= 4 is 28.9 Å². The maximum atomic E-state index is 14.5. The number of hydrogen-bond acceptors (Lipinski definition) is 5. The summed E-state index contributed by atoms with van der Waals surface area (Å²) in [7, 11) is 1.65. The molecule has 1 saturated carbocycles. The Morgan fingerprint density at radius 1 is 1.00 bits per heavy atom. The molecule has 7 nitrogen and oxygen atoms in total. The van der Waals surface area contributed by atoms with Crippen molar-refractivity contribution in [1.29, 1.82) is 0 Å². The van der Waals surface area contributed by atoms with Crippen molar-refractivity contribution in [3.63, 3.8) is 0 Å². The van der Waals surface area contributed by atoms with Crippen molar-refractivity contribution in [1.82, 2.24) is 14.2 Å². The third-order valence-electron chi connectivity index (χ3n) is 8.17. The molecular weight excluding hydrogens is 603 g/mol. The second-order valence-electron chi connectivity index (χ2n) is 11.0. The lowest BCUT2D eigenvalue weighted by atomic mass is 9.85. The topological polar surface area (TPSA) is 79.8 Å². The van der Waals surface area contributed by atoms with Crippen molar-refractivity contribution in [3.8, 4) is 0 Å². The number of carbonyl (C=O) groups is 2. The van der Waals surface area contributed by atoms with Gasteiger partial charge in [0.15, 0.2) is 0 Å². The number of hydrogen-bond donors (Lipinski definition) is 0. The summed E-state index contributed by atoms with van der Waals surface area (Å²) in [5.74, 6) is -11.7. The van der Waals surface area contributed by atoms with Gasteiger partial charge >= 0.3 is 0 Å². The summed E-state index contributed by atoms with van der Waals surface area (Å²) in [4.78, 5) is 32.2. The first-order valence-electron chi connectivity index (χ1n) is 14.3. The van der Waals surface area contributed by atoms with Crippen LogP contribution in [0.3, 0.4) is 0 Å². The number of fused-ring (bicyclic) bond motifs is 1. The van der Waals surface area contributed by atoms with Crippen molar-refractivity contribution < 1.29 is 36.1 Å². The van der Waals surface area contributed by atoms with Gasteiger partial charge in [-0.1, -0.05) is 25.3 Å². The lowest BCUT2D eigenvalue weighted by Crippen LogP contribution is -2.43. The maximum absolute atomic E-state index is 14.5. The number of rotatable bonds is 9. The molecule has 234 valence electrons. The molecule has 0 saturated heterocycles. The molecule has 2 aliphatic rings. The molecular formula is C31H31F5N4O3S. The summed E-state index contributed by atoms with van der Waals surface area (Å²) in [6.07, 6.45) is 7.49. The van der Waals surface area contributed by atoms with Crippen LogP contribution in [0.4, 0.5) is 27.6 Å². The van der Waals surface area contributed by atoms with Gasteiger partial charge in [-0.05, 0) is 61.1 Å². The third-order valence-corrected chi connectivity index (χ3v) is 9.74. The predicted molar refractivity (Wildman–Crippen MR) is 153 cm³/mol. The van der Waals surface area contributed by atoms with E-state index in [4.69, 9.17) is 0 Å². The van der Waals surface area contributed by atoms with E-state index < -0.39 is 57.8 Å². The van der Waals surface area contributed by atoms with Gasteiger partial charge in [0.2, 0.25) is 35.0 Å². The van der Waals surface area contributed by atoms with Crippen molar-refractivity contribution in [2.45, 2.75) is 62.9 Å². The summed E-state index contributed by atoms with van der Waals surface area (Å²) in [6.45, 7) is 0.828. The lowest BCUT2D eigenvalue weighted by molar-refractivity contribution is -0.119. The highest BCUT2D eigenvalue weighted by molar-refractivity contribution is 7.89. The van der Waals surface area contributed by atoms with Crippen LogP contribution in [0.5, 0.6) is 0 Å². The van der Waals surface area contributed by atoms with Crippen molar-refractivity contribution in [2.75, 3.05) is 25.0 Å². The molecule has 0 radical (unpaired) electrons. The Morgan fingerprint density at radius 2 is 1.66 bits per heavy atom. The highest BCUT2D eigenvalue weighted by atomic mass is 32.2. The normalized spacial score (nSPS) is 16.0. The SMILES string of the molecule is CCN(CC(=O)N(Cc1ccc(C2CCCCC2)cn1)c1ccc2c(c1)CN(C)C2=O)[S+]([O-])c1c(F)c(F)c(F)c(F)c1F. The molecule has 1 aliphatic carbocycles. The van der Waals surface area contributed by atoms with Gasteiger partial charge in [0.1, 0.15) is 6.54 Å². The molecule has 0 N–H and O–H groups in total. The van der Waals surface area contributed by atoms with Gasteiger partial charge in [-0.2, -0.15) is 8.78 Å². The quantitative estimate of drug-likeness (QED) is 0.125. The van der Waals surface area contributed by atoms with Crippen molar-refractivity contribution in [3.05, 3.63) is 88.0 Å². The number of likely N-dealkylation sites (N-methyl/N-ethyl adjacent to an activating group) is 1. The van der Waals surface area contributed by atoms with Crippen molar-refractivity contribution in [2.24, 2.45) is 0 Å². The van der Waals surface area contributed by atoms with Crippen LogP contribution in [0.2, 0.25) is 0 Å². The number of pyridine rings is 1. The van der Waals surface area contributed by atoms with E-state index in [1.54, 1.807) is 31.4 Å². The molecule has 13 heteroatoms. The number of anilines is 1. The number of amides is 2. The van der Waals surface area contributed by atoms with Crippen LogP contribution >= 0.6 is 0 Å². The molecule has 44 heavy (non-hydrogen) atoms. The third kappa shape index (κ3) is 6.18. The van der Waals surface area contributed by atoms with Gasteiger partial charge in [0.05, 0.1) is 23.6 Å². The highest BCUT2D eigenvalue weighted by Gasteiger charge is 2.38. The monoisotopic (exact) mass is 634 g/mol. The van der Waals surface area contributed by atoms with Gasteiger partial charge in [-0.3, -0.25) is 14.6 Å². The molecule has 3 aromatic rings. The van der Waals surface area contributed by atoms with E-state index >= 15 is 0 Å². The Hall–Kier alpha value is -3.55. The van der Waals surface area contributed by atoms with Gasteiger partial charge in [0, 0.05) is 37.6 Å². The number of benzene rings is 2. The number of nitrogens with zero attached hydrogens (tertiary/aromatic N) is 4. The summed E-state index contributed by atoms with van der Waals surface area (Å²) >= 11 is -2.91. The average Bonchev–Trinajstić information content (AvgIpc) is 3.32. The molecule has 0 bridgehead atoms. The Bertz CT molecular complexity index is 1540. The molecule has 1 aliphatic heterocycles. The van der Waals surface area contributed by atoms with Gasteiger partial charge < -0.3 is 14.4 Å². The first-order chi connectivity index (χ1) is 21.0. The zero-order valence-corrected chi connectivity index (χ0v) is 25.0. The molecule has 2 aromatic carbocycles. The van der Waals surface area contributed by atoms with Crippen LogP contribution < -0.4 is 4.90 Å². The first kappa shape index (κ1) is 31.9. The number of carbonyl (C=O) groups excluding carboxylic acids is 2. The minimum absolute atomic E-state index is 0.0287. The Kier molecular flexibility index (Phi) is 9.56. The summed E-state index contributed by atoms with van der Waals surface area (Å²) in [5, 5.41) is 0. The first-order valence-corrected chi connectivity index (χ1v) is 15.4. The minimum Gasteiger partial charge on any atom is -0.593 e. The van der Waals surface area contributed by atoms with Gasteiger partial charge in [-0.25, -0.2) is 13.2 Å². The summed E-state index contributed by atoms with van der Waals surface area (Å²) < 4.78 is 84.3. The molecule has 1 unspecified atom stereocenters. The summed E-state index contributed by atoms with van der Waals surface area (Å²) in [5.41, 5.74) is 3.22. The van der Waals surface area contributed by atoms with Crippen LogP contribution in [0.1, 0.15) is 72.1 Å². The van der Waals surface area contributed by atoms with E-state index in [9.17, 15) is 36.1 Å². The van der Waals surface area contributed by atoms with E-state index in [1.807, 2.05) is 12.1 Å². The zero-order chi connectivity index (χ0) is 31.7. The van der Waals surface area contributed by atoms with Crippen LogP contribution in [0.15, 0.2) is 41.4 Å². The van der Waals surface area contributed by atoms with E-state index in [-0.39, 0.29) is 19.0 Å². The highest BCUT2D eigenvalue weighted by Crippen LogP contribution is 2.33. The van der Waals surface area contributed by atoms with Crippen LogP contribution in [0.25, 0.3) is 0 Å². The zero-order valence-electron chi connectivity index (χ0n) is 24.2. The molecule has 0 spiro atoms. The molecule has 1 fully saturated rings. The Labute approximate surface area is 255 Å². The fourth-order valence-corrected chi connectivity index (χ4v) is 6.91. The summed E-state index contributed by atoms with van der Waals surface area (Å²) in [6, 6.07) is 8.66. The van der Waals surface area contributed by atoms with E-state index in [0.717, 1.165) is 35.6 Å². The molecule has 5 rings (SSSR count). The molecule has 1 atom stereocenters. The Balaban J connectivity index is 1.44. The number of halogens is 5. The smallest absolute Gasteiger partial charge is 0.254 e. The van der Waals surface area contributed by atoms with E-state index in [0.29, 0.717) is 35.0 Å². The standard InChI is InChI=1S/C31H31F5N4O3S/c1-3-39(44(43)30-28(35)26(33)25(32)27(34)29(30)36)17-24(41)40(22-11-12-23-20(13-22)15-38(2)31(23)42)16-21-10-9-19(14-37-21)18-7-5-4-6-8-18/h9-14,18H,3-8,15-17H2,1-2H3. The fraction of sp³-hybridized carbons (Fsp3) is 0.387. The average molecular weight is 635 g/mol. The fourth-order valence-electron chi connectivity index (χ4n) is 5.70. The molecule has 1 aromatic heterocycles. The minimum atomic E-state index is -2.91. The van der Waals surface area contributed by atoms with Crippen LogP contribution in [-0.4, -0.2) is 50.7 Å². The van der Waals surface area contributed by atoms with Crippen LogP contribution in [-0.2, 0) is 29.2 Å². The van der Waals surface area contributed by atoms with Crippen LogP contribution in [0, 0.1) is 29.1 Å². The Morgan fingerprint density at radius 3 is 2.27 bits per heavy atom. The maximum Gasteiger partial charge on any atom is 0.254 e. The predicted octanol–water partition coefficient (Wildman–Crippen LogP) is 5.99. The van der Waals surface area contributed by atoms with E-state index in [1.165, 1.54) is 23.1 Å². The number of aromatic nitrogens is 1. The lowest BCUT2D eigenvalue weighted by Gasteiger charge is -2.28. The second-order valence-corrected chi connectivity index (χ2v) is 12.4. The van der Waals surface area contributed by atoms with E-state index in [2.05, 4.69) is 4.98 Å². The molecule has 2 amide bonds. The van der Waals surface area contributed by atoms with Gasteiger partial charge in [0.25, 0.3) is 10.8 Å². The van der Waals surface area contributed by atoms with Gasteiger partial charge in [-0.15, -0.1) is 4.31 Å². The molecule has 2 heterocycles. The second kappa shape index (κ2) is 13.2. The largest absolute Gasteiger partial charge is 0.593 e.